The summed E-state index contributed by atoms with van der Waals surface area (Å²) in [4.78, 5) is 15.6. The summed E-state index contributed by atoms with van der Waals surface area (Å²) in [6, 6.07) is 5.42. The van der Waals surface area contributed by atoms with Crippen LogP contribution in [0.2, 0.25) is 5.02 Å². The second kappa shape index (κ2) is 7.51. The van der Waals surface area contributed by atoms with Gasteiger partial charge in [0.1, 0.15) is 0 Å². The fraction of sp³-hybridized carbons (Fsp3) is 0.533. The van der Waals surface area contributed by atoms with E-state index < -0.39 is 0 Å². The van der Waals surface area contributed by atoms with E-state index in [0.29, 0.717) is 16.5 Å². The molecule has 3 nitrogen and oxygen atoms in total. The first-order valence-corrected chi connectivity index (χ1v) is 6.96. The largest absolute Gasteiger partial charge is 0.369 e. The van der Waals surface area contributed by atoms with Gasteiger partial charge in [-0.1, -0.05) is 25.4 Å². The summed E-state index contributed by atoms with van der Waals surface area (Å²) in [6.45, 7) is 7.08. The zero-order chi connectivity index (χ0) is 14.4. The zero-order valence-corrected chi connectivity index (χ0v) is 12.9. The number of halogens is 1. The van der Waals surface area contributed by atoms with E-state index in [1.807, 2.05) is 20.2 Å². The second-order valence-corrected chi connectivity index (χ2v) is 5.90. The van der Waals surface area contributed by atoms with Gasteiger partial charge >= 0.3 is 0 Å². The number of carbonyl (C=O) groups is 1. The molecule has 0 N–H and O–H groups in total. The minimum absolute atomic E-state index is 0.528. The minimum atomic E-state index is 0.528. The van der Waals surface area contributed by atoms with Crippen molar-refractivity contribution < 1.29 is 4.79 Å². The molecule has 0 heterocycles. The van der Waals surface area contributed by atoms with Gasteiger partial charge in [0.15, 0.2) is 6.29 Å². The summed E-state index contributed by atoms with van der Waals surface area (Å²) in [7, 11) is 4.10. The predicted molar refractivity (Wildman–Crippen MR) is 82.4 cm³/mol. The van der Waals surface area contributed by atoms with Crippen LogP contribution in [0.5, 0.6) is 0 Å². The van der Waals surface area contributed by atoms with Gasteiger partial charge in [0.25, 0.3) is 0 Å². The summed E-state index contributed by atoms with van der Waals surface area (Å²) in [5.41, 5.74) is 1.63. The normalized spacial score (nSPS) is 11.1. The third kappa shape index (κ3) is 5.21. The standard InChI is InChI=1S/C15H23ClN2O/c1-12(2)10-18(8-7-17(3)4)15-9-14(16)6-5-13(15)11-19/h5-6,9,11-12H,7-8,10H2,1-4H3. The lowest BCUT2D eigenvalue weighted by molar-refractivity contribution is 0.112. The lowest BCUT2D eigenvalue weighted by Crippen LogP contribution is -2.35. The van der Waals surface area contributed by atoms with Crippen LogP contribution in [0.1, 0.15) is 24.2 Å². The maximum absolute atomic E-state index is 11.2. The van der Waals surface area contributed by atoms with E-state index in [2.05, 4.69) is 23.6 Å². The Bertz CT molecular complexity index is 419. The molecule has 19 heavy (non-hydrogen) atoms. The van der Waals surface area contributed by atoms with E-state index in [1.165, 1.54) is 0 Å². The average Bonchev–Trinajstić information content (AvgIpc) is 2.33. The van der Waals surface area contributed by atoms with E-state index in [0.717, 1.165) is 31.6 Å². The molecule has 4 heteroatoms. The molecule has 0 unspecified atom stereocenters. The SMILES string of the molecule is CC(C)CN(CCN(C)C)c1cc(Cl)ccc1C=O. The number of hydrogen-bond acceptors (Lipinski definition) is 3. The van der Waals surface area contributed by atoms with Crippen LogP contribution in [-0.2, 0) is 0 Å². The molecule has 1 aromatic rings. The fourth-order valence-electron chi connectivity index (χ4n) is 1.96. The van der Waals surface area contributed by atoms with Crippen molar-refractivity contribution in [2.45, 2.75) is 13.8 Å². The zero-order valence-electron chi connectivity index (χ0n) is 12.2. The topological polar surface area (TPSA) is 23.6 Å². The van der Waals surface area contributed by atoms with Gasteiger partial charge in [-0.05, 0) is 38.2 Å². The molecule has 0 aliphatic rings. The van der Waals surface area contributed by atoms with Gasteiger partial charge in [0.05, 0.1) is 0 Å². The van der Waals surface area contributed by atoms with Crippen molar-refractivity contribution in [1.82, 2.24) is 4.90 Å². The molecule has 0 saturated heterocycles. The molecule has 0 saturated carbocycles. The Morgan fingerprint density at radius 1 is 1.26 bits per heavy atom. The third-order valence-corrected chi connectivity index (χ3v) is 3.10. The molecule has 0 fully saturated rings. The molecule has 0 aliphatic heterocycles. The smallest absolute Gasteiger partial charge is 0.152 e. The van der Waals surface area contributed by atoms with Gasteiger partial charge in [-0.25, -0.2) is 0 Å². The molecule has 0 aromatic heterocycles. The van der Waals surface area contributed by atoms with Crippen LogP contribution in [0.4, 0.5) is 5.69 Å². The van der Waals surface area contributed by atoms with Crippen LogP contribution in [0.25, 0.3) is 0 Å². The Labute approximate surface area is 121 Å². The van der Waals surface area contributed by atoms with Crippen LogP contribution in [-0.4, -0.2) is 44.9 Å². The maximum Gasteiger partial charge on any atom is 0.152 e. The number of aldehydes is 1. The molecule has 0 radical (unpaired) electrons. The van der Waals surface area contributed by atoms with Gasteiger partial charge < -0.3 is 9.80 Å². The highest BCUT2D eigenvalue weighted by molar-refractivity contribution is 6.31. The Morgan fingerprint density at radius 3 is 2.47 bits per heavy atom. The molecular weight excluding hydrogens is 260 g/mol. The lowest BCUT2D eigenvalue weighted by atomic mass is 10.1. The van der Waals surface area contributed by atoms with E-state index >= 15 is 0 Å². The Hall–Kier alpha value is -1.06. The number of carbonyl (C=O) groups excluding carboxylic acids is 1. The summed E-state index contributed by atoms with van der Waals surface area (Å²) < 4.78 is 0. The number of likely N-dealkylation sites (N-methyl/N-ethyl adjacent to an activating group) is 1. The first-order valence-electron chi connectivity index (χ1n) is 6.58. The summed E-state index contributed by atoms with van der Waals surface area (Å²) in [5.74, 6) is 0.528. The van der Waals surface area contributed by atoms with Crippen LogP contribution in [0.3, 0.4) is 0 Å². The van der Waals surface area contributed by atoms with Crippen molar-refractivity contribution in [2.75, 3.05) is 38.6 Å². The van der Waals surface area contributed by atoms with Gasteiger partial charge in [-0.15, -0.1) is 0 Å². The van der Waals surface area contributed by atoms with E-state index in [4.69, 9.17) is 11.6 Å². The van der Waals surface area contributed by atoms with Crippen molar-refractivity contribution in [1.29, 1.82) is 0 Å². The average molecular weight is 283 g/mol. The van der Waals surface area contributed by atoms with Crippen LogP contribution < -0.4 is 4.90 Å². The molecular formula is C15H23ClN2O. The van der Waals surface area contributed by atoms with Crippen LogP contribution in [0, 0.1) is 5.92 Å². The van der Waals surface area contributed by atoms with Crippen molar-refractivity contribution in [3.05, 3.63) is 28.8 Å². The van der Waals surface area contributed by atoms with Gasteiger partial charge in [0.2, 0.25) is 0 Å². The summed E-state index contributed by atoms with van der Waals surface area (Å²) >= 11 is 6.06. The Kier molecular flexibility index (Phi) is 6.32. The first-order chi connectivity index (χ1) is 8.93. The van der Waals surface area contributed by atoms with Crippen molar-refractivity contribution in [2.24, 2.45) is 5.92 Å². The number of nitrogens with zero attached hydrogens (tertiary/aromatic N) is 2. The highest BCUT2D eigenvalue weighted by atomic mass is 35.5. The van der Waals surface area contributed by atoms with Crippen molar-refractivity contribution in [3.8, 4) is 0 Å². The summed E-state index contributed by atoms with van der Waals surface area (Å²) in [6.07, 6.45) is 0.897. The fourth-order valence-corrected chi connectivity index (χ4v) is 2.13. The van der Waals surface area contributed by atoms with Gasteiger partial charge in [-0.3, -0.25) is 4.79 Å². The number of hydrogen-bond donors (Lipinski definition) is 0. The lowest BCUT2D eigenvalue weighted by Gasteiger charge is -2.29. The molecule has 0 amide bonds. The second-order valence-electron chi connectivity index (χ2n) is 5.46. The van der Waals surface area contributed by atoms with Gasteiger partial charge in [0, 0.05) is 35.9 Å². The van der Waals surface area contributed by atoms with Crippen molar-refractivity contribution >= 4 is 23.6 Å². The van der Waals surface area contributed by atoms with E-state index in [1.54, 1.807) is 12.1 Å². The Morgan fingerprint density at radius 2 is 1.95 bits per heavy atom. The molecule has 0 aliphatic carbocycles. The van der Waals surface area contributed by atoms with Gasteiger partial charge in [-0.2, -0.15) is 0 Å². The van der Waals surface area contributed by atoms with Crippen LogP contribution >= 0.6 is 11.6 Å². The summed E-state index contributed by atoms with van der Waals surface area (Å²) in [5, 5.41) is 0.666. The number of rotatable bonds is 7. The molecule has 1 aromatic carbocycles. The van der Waals surface area contributed by atoms with Crippen LogP contribution in [0.15, 0.2) is 18.2 Å². The van der Waals surface area contributed by atoms with E-state index in [-0.39, 0.29) is 0 Å². The third-order valence-electron chi connectivity index (χ3n) is 2.86. The maximum atomic E-state index is 11.2. The molecule has 0 bridgehead atoms. The molecule has 106 valence electrons. The van der Waals surface area contributed by atoms with E-state index in [9.17, 15) is 4.79 Å². The number of benzene rings is 1. The first kappa shape index (κ1) is 16.0. The number of anilines is 1. The highest BCUT2D eigenvalue weighted by Crippen LogP contribution is 2.24. The molecule has 1 rings (SSSR count). The highest BCUT2D eigenvalue weighted by Gasteiger charge is 2.13. The van der Waals surface area contributed by atoms with Crippen molar-refractivity contribution in [3.63, 3.8) is 0 Å². The monoisotopic (exact) mass is 282 g/mol. The minimum Gasteiger partial charge on any atom is -0.369 e. The Balaban J connectivity index is 3.00. The predicted octanol–water partition coefficient (Wildman–Crippen LogP) is 3.18. The molecule has 0 atom stereocenters. The quantitative estimate of drug-likeness (QED) is 0.718. The molecule has 0 spiro atoms.